The van der Waals surface area contributed by atoms with Crippen molar-refractivity contribution in [3.05, 3.63) is 23.5 Å². The highest BCUT2D eigenvalue weighted by Gasteiger charge is 2.41. The highest BCUT2D eigenvalue weighted by molar-refractivity contribution is 5.29. The van der Waals surface area contributed by atoms with Crippen molar-refractivity contribution in [2.45, 2.75) is 64.1 Å². The molecule has 0 radical (unpaired) electrons. The largest absolute Gasteiger partial charge is 0.388 e. The number of likely N-dealkylation sites (N-methyl/N-ethyl adjacent to an activating group) is 1. The number of nitrogens with zero attached hydrogens (tertiary/aromatic N) is 2. The molecule has 20 heavy (non-hydrogen) atoms. The maximum absolute atomic E-state index is 10.4. The Hall–Kier alpha value is -0.800. The van der Waals surface area contributed by atoms with E-state index in [9.17, 15) is 5.11 Å². The topological polar surface area (TPSA) is 28.4 Å². The molecule has 0 spiro atoms. The van der Waals surface area contributed by atoms with Crippen molar-refractivity contribution in [1.29, 1.82) is 0 Å². The Labute approximate surface area is 122 Å². The van der Waals surface area contributed by atoms with Gasteiger partial charge in [-0.2, -0.15) is 0 Å². The van der Waals surface area contributed by atoms with Crippen molar-refractivity contribution in [3.8, 4) is 0 Å². The van der Waals surface area contributed by atoms with Gasteiger partial charge in [0, 0.05) is 29.5 Å². The van der Waals surface area contributed by atoms with Crippen LogP contribution in [0.25, 0.3) is 0 Å². The minimum atomic E-state index is -0.285. The molecule has 1 aromatic rings. The van der Waals surface area contributed by atoms with Crippen LogP contribution in [0.4, 0.5) is 0 Å². The molecular formula is C17H28N2O. The number of hydrogen-bond donors (Lipinski definition) is 1. The maximum Gasteiger partial charge on any atom is 0.0812 e. The van der Waals surface area contributed by atoms with E-state index in [-0.39, 0.29) is 11.5 Å². The van der Waals surface area contributed by atoms with Gasteiger partial charge in [0.15, 0.2) is 0 Å². The van der Waals surface area contributed by atoms with Gasteiger partial charge in [0.25, 0.3) is 0 Å². The third-order valence-corrected chi connectivity index (χ3v) is 5.56. The molecule has 2 aliphatic rings. The van der Waals surface area contributed by atoms with Crippen LogP contribution in [0.15, 0.2) is 12.3 Å². The molecule has 1 fully saturated rings. The van der Waals surface area contributed by atoms with E-state index in [0.29, 0.717) is 5.54 Å². The molecule has 112 valence electrons. The summed E-state index contributed by atoms with van der Waals surface area (Å²) in [5.74, 6) is 0. The average molecular weight is 276 g/mol. The molecule has 1 aromatic heterocycles. The summed E-state index contributed by atoms with van der Waals surface area (Å²) in [6, 6.07) is 2.14. The third-order valence-electron chi connectivity index (χ3n) is 5.56. The van der Waals surface area contributed by atoms with Crippen LogP contribution >= 0.6 is 0 Å². The zero-order valence-corrected chi connectivity index (χ0v) is 13.3. The van der Waals surface area contributed by atoms with Gasteiger partial charge in [-0.05, 0) is 57.7 Å². The first-order chi connectivity index (χ1) is 9.33. The Morgan fingerprint density at radius 1 is 1.35 bits per heavy atom. The Morgan fingerprint density at radius 3 is 2.60 bits per heavy atom. The van der Waals surface area contributed by atoms with Crippen molar-refractivity contribution in [1.82, 2.24) is 9.47 Å². The quantitative estimate of drug-likeness (QED) is 0.919. The molecule has 0 aliphatic heterocycles. The molecule has 1 atom stereocenters. The standard InChI is InChI=1S/C17H28N2O/c1-16(2)10-14-13(15(20)11-16)6-9-19(14)12-17(18(3)4)7-5-8-17/h6,9,15,20H,5,7-8,10-12H2,1-4H3. The van der Waals surface area contributed by atoms with Gasteiger partial charge in [-0.3, -0.25) is 0 Å². The Balaban J connectivity index is 1.89. The monoisotopic (exact) mass is 276 g/mol. The van der Waals surface area contributed by atoms with E-state index in [1.54, 1.807) is 0 Å². The normalized spacial score (nSPS) is 27.2. The van der Waals surface area contributed by atoms with Crippen molar-refractivity contribution < 1.29 is 5.11 Å². The molecule has 3 nitrogen and oxygen atoms in total. The molecule has 0 amide bonds. The lowest BCUT2D eigenvalue weighted by molar-refractivity contribution is 0.0397. The molecule has 3 heteroatoms. The first-order valence-electron chi connectivity index (χ1n) is 7.86. The molecule has 1 N–H and O–H groups in total. The lowest BCUT2D eigenvalue weighted by Gasteiger charge is -2.48. The number of rotatable bonds is 3. The van der Waals surface area contributed by atoms with Crippen LogP contribution < -0.4 is 0 Å². The minimum absolute atomic E-state index is 0.202. The van der Waals surface area contributed by atoms with Crippen LogP contribution in [0, 0.1) is 5.41 Å². The van der Waals surface area contributed by atoms with Gasteiger partial charge < -0.3 is 14.6 Å². The Kier molecular flexibility index (Phi) is 3.26. The summed E-state index contributed by atoms with van der Waals surface area (Å²) >= 11 is 0. The molecular weight excluding hydrogens is 248 g/mol. The second-order valence-electron chi connectivity index (χ2n) is 7.88. The lowest BCUT2D eigenvalue weighted by atomic mass is 9.74. The number of fused-ring (bicyclic) bond motifs is 1. The predicted octanol–water partition coefficient (Wildman–Crippen LogP) is 2.98. The van der Waals surface area contributed by atoms with Crippen molar-refractivity contribution in [3.63, 3.8) is 0 Å². The van der Waals surface area contributed by atoms with Crippen molar-refractivity contribution in [2.24, 2.45) is 5.41 Å². The van der Waals surface area contributed by atoms with Crippen LogP contribution in [0.2, 0.25) is 0 Å². The molecule has 0 saturated heterocycles. The second-order valence-corrected chi connectivity index (χ2v) is 7.88. The van der Waals surface area contributed by atoms with Crippen LogP contribution in [-0.4, -0.2) is 34.2 Å². The smallest absolute Gasteiger partial charge is 0.0812 e. The van der Waals surface area contributed by atoms with Gasteiger partial charge in [-0.1, -0.05) is 13.8 Å². The molecule has 1 saturated carbocycles. The fraction of sp³-hybridized carbons (Fsp3) is 0.765. The van der Waals surface area contributed by atoms with Crippen LogP contribution in [0.3, 0.4) is 0 Å². The molecule has 2 aliphatic carbocycles. The van der Waals surface area contributed by atoms with Gasteiger partial charge in [0.05, 0.1) is 6.10 Å². The van der Waals surface area contributed by atoms with Gasteiger partial charge >= 0.3 is 0 Å². The molecule has 3 rings (SSSR count). The third kappa shape index (κ3) is 2.21. The van der Waals surface area contributed by atoms with Crippen LogP contribution in [-0.2, 0) is 13.0 Å². The van der Waals surface area contributed by atoms with Gasteiger partial charge in [-0.15, -0.1) is 0 Å². The predicted molar refractivity (Wildman–Crippen MR) is 81.8 cm³/mol. The average Bonchev–Trinajstić information content (AvgIpc) is 2.64. The second kappa shape index (κ2) is 4.60. The van der Waals surface area contributed by atoms with E-state index < -0.39 is 0 Å². The Morgan fingerprint density at radius 2 is 2.05 bits per heavy atom. The Bertz CT molecular complexity index is 497. The number of aliphatic hydroxyl groups is 1. The van der Waals surface area contributed by atoms with Gasteiger partial charge in [0.1, 0.15) is 0 Å². The fourth-order valence-corrected chi connectivity index (χ4v) is 3.98. The van der Waals surface area contributed by atoms with E-state index in [1.807, 2.05) is 0 Å². The molecule has 0 aromatic carbocycles. The first kappa shape index (κ1) is 14.2. The molecule has 0 bridgehead atoms. The summed E-state index contributed by atoms with van der Waals surface area (Å²) in [5.41, 5.74) is 3.06. The fourth-order valence-electron chi connectivity index (χ4n) is 3.98. The SMILES string of the molecule is CN(C)C1(Cn2ccc3c2CC(C)(C)CC3O)CCC1. The number of aliphatic hydroxyl groups excluding tert-OH is 1. The zero-order valence-electron chi connectivity index (χ0n) is 13.3. The van der Waals surface area contributed by atoms with E-state index in [1.165, 1.54) is 25.0 Å². The first-order valence-corrected chi connectivity index (χ1v) is 7.86. The summed E-state index contributed by atoms with van der Waals surface area (Å²) < 4.78 is 2.42. The van der Waals surface area contributed by atoms with Crippen molar-refractivity contribution in [2.75, 3.05) is 14.1 Å². The molecule has 1 heterocycles. The lowest BCUT2D eigenvalue weighted by Crippen LogP contribution is -2.53. The van der Waals surface area contributed by atoms with Gasteiger partial charge in [-0.25, -0.2) is 0 Å². The molecule has 1 unspecified atom stereocenters. The summed E-state index contributed by atoms with van der Waals surface area (Å²) in [6.45, 7) is 5.60. The maximum atomic E-state index is 10.4. The van der Waals surface area contributed by atoms with Crippen molar-refractivity contribution >= 4 is 0 Å². The minimum Gasteiger partial charge on any atom is -0.388 e. The van der Waals surface area contributed by atoms with Gasteiger partial charge in [0.2, 0.25) is 0 Å². The van der Waals surface area contributed by atoms with Crippen LogP contribution in [0.1, 0.15) is 56.9 Å². The summed E-state index contributed by atoms with van der Waals surface area (Å²) in [5, 5.41) is 10.4. The highest BCUT2D eigenvalue weighted by Crippen LogP contribution is 2.43. The van der Waals surface area contributed by atoms with E-state index >= 15 is 0 Å². The van der Waals surface area contributed by atoms with E-state index in [0.717, 1.165) is 24.9 Å². The summed E-state index contributed by atoms with van der Waals surface area (Å²) in [6.07, 6.45) is 7.79. The van der Waals surface area contributed by atoms with E-state index in [2.05, 4.69) is 49.7 Å². The summed E-state index contributed by atoms with van der Waals surface area (Å²) in [4.78, 5) is 2.40. The van der Waals surface area contributed by atoms with Crippen LogP contribution in [0.5, 0.6) is 0 Å². The van der Waals surface area contributed by atoms with E-state index in [4.69, 9.17) is 0 Å². The highest BCUT2D eigenvalue weighted by atomic mass is 16.3. The zero-order chi connectivity index (χ0) is 14.5. The number of aromatic nitrogens is 1. The number of hydrogen-bond acceptors (Lipinski definition) is 2. The summed E-state index contributed by atoms with van der Waals surface area (Å²) in [7, 11) is 4.40.